The number of halogens is 1. The fourth-order valence-corrected chi connectivity index (χ4v) is 4.59. The third kappa shape index (κ3) is 3.07. The van der Waals surface area contributed by atoms with Crippen LogP contribution in [0.25, 0.3) is 0 Å². The second-order valence-corrected chi connectivity index (χ2v) is 8.09. The van der Waals surface area contributed by atoms with Gasteiger partial charge in [0.25, 0.3) is 5.91 Å². The Hall–Kier alpha value is -1.60. The number of piperidine rings is 1. The van der Waals surface area contributed by atoms with Gasteiger partial charge in [-0.1, -0.05) is 11.6 Å². The van der Waals surface area contributed by atoms with Gasteiger partial charge in [-0.15, -0.1) is 0 Å². The van der Waals surface area contributed by atoms with Crippen molar-refractivity contribution in [1.29, 1.82) is 0 Å². The van der Waals surface area contributed by atoms with E-state index in [0.29, 0.717) is 13.1 Å². The number of sulfonamides is 1. The molecule has 2 aliphatic heterocycles. The number of hydrogen-bond donors (Lipinski definition) is 0. The molecule has 0 spiro atoms. The molecular weight excluding hydrogens is 340 g/mol. The predicted molar refractivity (Wildman–Crippen MR) is 87.1 cm³/mol. The Balaban J connectivity index is 1.96. The number of nitrogens with zero attached hydrogens (tertiary/aromatic N) is 2. The molecule has 1 aromatic carbocycles. The van der Waals surface area contributed by atoms with Crippen LogP contribution in [0.5, 0.6) is 0 Å². The largest absolute Gasteiger partial charge is 0.339 e. The Morgan fingerprint density at radius 2 is 1.83 bits per heavy atom. The van der Waals surface area contributed by atoms with Crippen LogP contribution in [-0.4, -0.2) is 44.0 Å². The van der Waals surface area contributed by atoms with Crippen molar-refractivity contribution in [2.45, 2.75) is 25.7 Å². The molecule has 2 fully saturated rings. The van der Waals surface area contributed by atoms with Gasteiger partial charge in [0.2, 0.25) is 15.9 Å². The van der Waals surface area contributed by atoms with Crippen molar-refractivity contribution in [1.82, 2.24) is 4.90 Å². The molecule has 1 aromatic rings. The van der Waals surface area contributed by atoms with E-state index in [0.717, 1.165) is 23.6 Å². The molecule has 0 aromatic heterocycles. The lowest BCUT2D eigenvalue weighted by molar-refractivity contribution is -0.116. The zero-order valence-electron chi connectivity index (χ0n) is 12.5. The predicted octanol–water partition coefficient (Wildman–Crippen LogP) is 2.03. The molecule has 0 atom stereocenters. The monoisotopic (exact) mass is 356 g/mol. The Kier molecular flexibility index (Phi) is 4.33. The van der Waals surface area contributed by atoms with E-state index in [1.165, 1.54) is 18.2 Å². The zero-order valence-corrected chi connectivity index (χ0v) is 14.1. The van der Waals surface area contributed by atoms with Gasteiger partial charge < -0.3 is 4.90 Å². The van der Waals surface area contributed by atoms with Gasteiger partial charge in [0.15, 0.2) is 0 Å². The summed E-state index contributed by atoms with van der Waals surface area (Å²) in [6.07, 6.45) is 2.95. The minimum atomic E-state index is -3.65. The molecule has 2 heterocycles. The number of anilines is 1. The molecule has 0 radical (unpaired) electrons. The van der Waals surface area contributed by atoms with Crippen molar-refractivity contribution in [3.63, 3.8) is 0 Å². The molecule has 0 bridgehead atoms. The average Bonchev–Trinajstić information content (AvgIpc) is 2.82. The first-order chi connectivity index (χ1) is 10.9. The van der Waals surface area contributed by atoms with Crippen LogP contribution >= 0.6 is 11.6 Å². The number of carbonyl (C=O) groups is 2. The molecule has 3 rings (SSSR count). The molecule has 23 heavy (non-hydrogen) atoms. The average molecular weight is 357 g/mol. The van der Waals surface area contributed by atoms with Crippen molar-refractivity contribution in [2.75, 3.05) is 23.1 Å². The quantitative estimate of drug-likeness (QED) is 0.812. The second kappa shape index (κ2) is 6.13. The maximum atomic E-state index is 12.6. The Morgan fingerprint density at radius 1 is 1.13 bits per heavy atom. The van der Waals surface area contributed by atoms with Gasteiger partial charge in [-0.3, -0.25) is 9.59 Å². The summed E-state index contributed by atoms with van der Waals surface area (Å²) in [4.78, 5) is 26.2. The van der Waals surface area contributed by atoms with Gasteiger partial charge in [0.05, 0.1) is 22.0 Å². The van der Waals surface area contributed by atoms with Gasteiger partial charge in [-0.05, 0) is 37.5 Å². The van der Waals surface area contributed by atoms with E-state index in [2.05, 4.69) is 0 Å². The van der Waals surface area contributed by atoms with Crippen LogP contribution in [-0.2, 0) is 14.8 Å². The number of carbonyl (C=O) groups excluding carboxylic acids is 2. The summed E-state index contributed by atoms with van der Waals surface area (Å²) in [5.41, 5.74) is 0.415. The molecule has 0 N–H and O–H groups in total. The molecule has 2 saturated heterocycles. The first-order valence-electron chi connectivity index (χ1n) is 7.55. The van der Waals surface area contributed by atoms with Crippen LogP contribution in [0, 0.1) is 0 Å². The fourth-order valence-electron chi connectivity index (χ4n) is 2.94. The van der Waals surface area contributed by atoms with E-state index in [1.54, 1.807) is 4.90 Å². The second-order valence-electron chi connectivity index (χ2n) is 5.74. The molecule has 0 aliphatic carbocycles. The smallest absolute Gasteiger partial charge is 0.255 e. The SMILES string of the molecule is O=C(c1cc(N2C(=O)CCS2(=O)=O)ccc1Cl)N1CCCCC1. The van der Waals surface area contributed by atoms with Crippen LogP contribution in [0.15, 0.2) is 18.2 Å². The summed E-state index contributed by atoms with van der Waals surface area (Å²) in [7, 11) is -3.65. The van der Waals surface area contributed by atoms with Crippen molar-refractivity contribution in [3.05, 3.63) is 28.8 Å². The van der Waals surface area contributed by atoms with E-state index in [4.69, 9.17) is 11.6 Å². The standard InChI is InChI=1S/C15H17ClN2O4S/c16-13-5-4-11(18-14(19)6-9-23(18,21)22)10-12(13)15(20)17-7-2-1-3-8-17/h4-5,10H,1-3,6-9H2. The number of benzene rings is 1. The van der Waals surface area contributed by atoms with E-state index in [9.17, 15) is 18.0 Å². The summed E-state index contributed by atoms with van der Waals surface area (Å²) < 4.78 is 24.8. The number of rotatable bonds is 2. The third-order valence-corrected chi connectivity index (χ3v) is 6.16. The van der Waals surface area contributed by atoms with Gasteiger partial charge in [-0.2, -0.15) is 0 Å². The van der Waals surface area contributed by atoms with Crippen LogP contribution < -0.4 is 4.31 Å². The normalized spacial score (nSPS) is 20.8. The number of amides is 2. The lowest BCUT2D eigenvalue weighted by Gasteiger charge is -2.27. The molecule has 6 nitrogen and oxygen atoms in total. The van der Waals surface area contributed by atoms with Gasteiger partial charge in [-0.25, -0.2) is 12.7 Å². The van der Waals surface area contributed by atoms with Crippen LogP contribution in [0.3, 0.4) is 0 Å². The summed E-state index contributed by atoms with van der Waals surface area (Å²) in [6, 6.07) is 4.32. The van der Waals surface area contributed by atoms with Gasteiger partial charge >= 0.3 is 0 Å². The zero-order chi connectivity index (χ0) is 16.6. The minimum absolute atomic E-state index is 0.0413. The van der Waals surface area contributed by atoms with E-state index in [1.807, 2.05) is 0 Å². The third-order valence-electron chi connectivity index (χ3n) is 4.14. The highest BCUT2D eigenvalue weighted by Crippen LogP contribution is 2.30. The molecule has 124 valence electrons. The van der Waals surface area contributed by atoms with E-state index < -0.39 is 15.9 Å². The van der Waals surface area contributed by atoms with Crippen LogP contribution in [0.4, 0.5) is 5.69 Å². The Labute approximate surface area is 140 Å². The van der Waals surface area contributed by atoms with Crippen molar-refractivity contribution in [2.24, 2.45) is 0 Å². The van der Waals surface area contributed by atoms with E-state index in [-0.39, 0.29) is 34.4 Å². The summed E-state index contributed by atoms with van der Waals surface area (Å²) in [5.74, 6) is -0.909. The summed E-state index contributed by atoms with van der Waals surface area (Å²) in [5, 5.41) is 0.258. The summed E-state index contributed by atoms with van der Waals surface area (Å²) in [6.45, 7) is 1.33. The first kappa shape index (κ1) is 16.3. The number of hydrogen-bond acceptors (Lipinski definition) is 4. The van der Waals surface area contributed by atoms with E-state index >= 15 is 0 Å². The maximum Gasteiger partial charge on any atom is 0.255 e. The topological polar surface area (TPSA) is 74.8 Å². The summed E-state index contributed by atoms with van der Waals surface area (Å²) >= 11 is 6.12. The van der Waals surface area contributed by atoms with Crippen molar-refractivity contribution >= 4 is 39.1 Å². The van der Waals surface area contributed by atoms with Crippen molar-refractivity contribution in [3.8, 4) is 0 Å². The van der Waals surface area contributed by atoms with Crippen LogP contribution in [0.1, 0.15) is 36.0 Å². The lowest BCUT2D eigenvalue weighted by atomic mass is 10.1. The molecule has 0 saturated carbocycles. The highest BCUT2D eigenvalue weighted by molar-refractivity contribution is 7.94. The van der Waals surface area contributed by atoms with Crippen molar-refractivity contribution < 1.29 is 18.0 Å². The molecule has 8 heteroatoms. The Bertz CT molecular complexity index is 757. The first-order valence-corrected chi connectivity index (χ1v) is 9.53. The van der Waals surface area contributed by atoms with Gasteiger partial charge in [0.1, 0.15) is 0 Å². The Morgan fingerprint density at radius 3 is 2.43 bits per heavy atom. The highest BCUT2D eigenvalue weighted by Gasteiger charge is 2.36. The minimum Gasteiger partial charge on any atom is -0.339 e. The highest BCUT2D eigenvalue weighted by atomic mass is 35.5. The molecular formula is C15H17ClN2O4S. The maximum absolute atomic E-state index is 12.6. The number of likely N-dealkylation sites (tertiary alicyclic amines) is 1. The van der Waals surface area contributed by atoms with Crippen LogP contribution in [0.2, 0.25) is 5.02 Å². The lowest BCUT2D eigenvalue weighted by Crippen LogP contribution is -2.36. The fraction of sp³-hybridized carbons (Fsp3) is 0.467. The molecule has 2 amide bonds. The molecule has 0 unspecified atom stereocenters. The molecule has 2 aliphatic rings. The van der Waals surface area contributed by atoms with Gasteiger partial charge in [0, 0.05) is 19.5 Å².